The van der Waals surface area contributed by atoms with Crippen molar-refractivity contribution in [3.63, 3.8) is 0 Å². The fraction of sp³-hybridized carbons (Fsp3) is 0.667. The van der Waals surface area contributed by atoms with Crippen LogP contribution in [0, 0.1) is 0 Å². The number of rotatable bonds is 0. The summed E-state index contributed by atoms with van der Waals surface area (Å²) in [4.78, 5) is 0. The molecule has 2 rings (SSSR count). The highest BCUT2D eigenvalue weighted by Crippen LogP contribution is 2.35. The van der Waals surface area contributed by atoms with Crippen molar-refractivity contribution in [2.75, 3.05) is 0 Å². The Morgan fingerprint density at radius 2 is 2.44 bits per heavy atom. The zero-order chi connectivity index (χ0) is 6.43. The average Bonchev–Trinajstić information content (AvgIpc) is 2.57. The van der Waals surface area contributed by atoms with Gasteiger partial charge in [0.05, 0.1) is 6.10 Å². The van der Waals surface area contributed by atoms with Crippen molar-refractivity contribution < 1.29 is 14.9 Å². The maximum atomic E-state index is 9.06. The third-order valence-electron chi connectivity index (χ3n) is 1.76. The lowest BCUT2D eigenvalue weighted by atomic mass is 10.0. The van der Waals surface area contributed by atoms with Crippen LogP contribution in [0.1, 0.15) is 6.42 Å². The zero-order valence-corrected chi connectivity index (χ0v) is 4.82. The van der Waals surface area contributed by atoms with Crippen LogP contribution in [-0.4, -0.2) is 28.5 Å². The van der Waals surface area contributed by atoms with Gasteiger partial charge in [0.25, 0.3) is 0 Å². The molecule has 0 saturated carbocycles. The first kappa shape index (κ1) is 5.26. The van der Waals surface area contributed by atoms with E-state index >= 15 is 0 Å². The Hall–Kier alpha value is -0.540. The first-order valence-corrected chi connectivity index (χ1v) is 3.01. The van der Waals surface area contributed by atoms with Gasteiger partial charge in [-0.1, -0.05) is 0 Å². The Labute approximate surface area is 52.6 Å². The van der Waals surface area contributed by atoms with Crippen molar-refractivity contribution in [2.24, 2.45) is 0 Å². The number of ether oxygens (including phenoxy) is 1. The van der Waals surface area contributed by atoms with Gasteiger partial charge in [-0.05, 0) is 12.5 Å². The van der Waals surface area contributed by atoms with Crippen LogP contribution in [0.2, 0.25) is 0 Å². The average molecular weight is 128 g/mol. The van der Waals surface area contributed by atoms with E-state index in [4.69, 9.17) is 14.9 Å². The van der Waals surface area contributed by atoms with Crippen LogP contribution in [0.4, 0.5) is 0 Å². The molecule has 0 aromatic heterocycles. The number of aliphatic hydroxyl groups is 2. The molecule has 0 aromatic rings. The molecule has 1 aliphatic carbocycles. The molecule has 3 heteroatoms. The summed E-state index contributed by atoms with van der Waals surface area (Å²) < 4.78 is 4.93. The molecule has 0 aromatic carbocycles. The second-order valence-electron chi connectivity index (χ2n) is 2.45. The lowest BCUT2D eigenvalue weighted by molar-refractivity contribution is 0.137. The summed E-state index contributed by atoms with van der Waals surface area (Å²) >= 11 is 0. The largest absolute Gasteiger partial charge is 0.510 e. The molecule has 0 unspecified atom stereocenters. The minimum Gasteiger partial charge on any atom is -0.510 e. The summed E-state index contributed by atoms with van der Waals surface area (Å²) in [5.74, 6) is 0.283. The molecule has 50 valence electrons. The first-order chi connectivity index (χ1) is 4.29. The number of fused-ring (bicyclic) bond motifs is 1. The van der Waals surface area contributed by atoms with Gasteiger partial charge < -0.3 is 14.9 Å². The second kappa shape index (κ2) is 1.49. The van der Waals surface area contributed by atoms with Crippen LogP contribution in [0.15, 0.2) is 11.8 Å². The standard InChI is InChI=1S/C6H8O3/c7-3-1-2-4(8)6-5(3)9-6/h1,4-8H,2H2/t4-,5-,6+/m1/s1. The highest BCUT2D eigenvalue weighted by atomic mass is 16.6. The zero-order valence-electron chi connectivity index (χ0n) is 4.82. The smallest absolute Gasteiger partial charge is 0.143 e. The van der Waals surface area contributed by atoms with E-state index in [-0.39, 0.29) is 18.0 Å². The van der Waals surface area contributed by atoms with E-state index < -0.39 is 6.10 Å². The molecular formula is C6H8O3. The Morgan fingerprint density at radius 1 is 1.67 bits per heavy atom. The molecular weight excluding hydrogens is 120 g/mol. The minimum absolute atomic E-state index is 0.116. The molecule has 2 aliphatic rings. The Bertz CT molecular complexity index is 164. The van der Waals surface area contributed by atoms with Crippen LogP contribution in [0.3, 0.4) is 0 Å². The monoisotopic (exact) mass is 128 g/mol. The van der Waals surface area contributed by atoms with Gasteiger partial charge in [-0.2, -0.15) is 0 Å². The van der Waals surface area contributed by atoms with E-state index in [1.807, 2.05) is 0 Å². The van der Waals surface area contributed by atoms with Gasteiger partial charge in [0.15, 0.2) is 0 Å². The van der Waals surface area contributed by atoms with E-state index in [9.17, 15) is 0 Å². The number of epoxide rings is 1. The lowest BCUT2D eigenvalue weighted by Crippen LogP contribution is -2.20. The molecule has 2 N–H and O–H groups in total. The van der Waals surface area contributed by atoms with Gasteiger partial charge >= 0.3 is 0 Å². The third-order valence-corrected chi connectivity index (χ3v) is 1.76. The predicted molar refractivity (Wildman–Crippen MR) is 30.0 cm³/mol. The summed E-state index contributed by atoms with van der Waals surface area (Å²) in [6.45, 7) is 0. The SMILES string of the molecule is OC1=CC[C@@H](O)[C@@H]2O[C@H]12. The van der Waals surface area contributed by atoms with Crippen molar-refractivity contribution in [1.82, 2.24) is 0 Å². The van der Waals surface area contributed by atoms with Crippen LogP contribution < -0.4 is 0 Å². The Kier molecular flexibility index (Phi) is 0.870. The van der Waals surface area contributed by atoms with Crippen molar-refractivity contribution in [3.8, 4) is 0 Å². The van der Waals surface area contributed by atoms with E-state index in [0.29, 0.717) is 6.42 Å². The van der Waals surface area contributed by atoms with Crippen molar-refractivity contribution in [3.05, 3.63) is 11.8 Å². The van der Waals surface area contributed by atoms with E-state index in [2.05, 4.69) is 0 Å². The van der Waals surface area contributed by atoms with Crippen LogP contribution in [0.5, 0.6) is 0 Å². The molecule has 0 bridgehead atoms. The molecule has 3 nitrogen and oxygen atoms in total. The fourth-order valence-electron chi connectivity index (χ4n) is 1.15. The highest BCUT2D eigenvalue weighted by Gasteiger charge is 2.49. The van der Waals surface area contributed by atoms with Crippen LogP contribution >= 0.6 is 0 Å². The molecule has 0 spiro atoms. The summed E-state index contributed by atoms with van der Waals surface area (Å²) in [5, 5.41) is 18.0. The molecule has 3 atom stereocenters. The van der Waals surface area contributed by atoms with E-state index in [0.717, 1.165) is 0 Å². The van der Waals surface area contributed by atoms with Crippen LogP contribution in [0.25, 0.3) is 0 Å². The summed E-state index contributed by atoms with van der Waals surface area (Å²) in [6, 6.07) is 0. The minimum atomic E-state index is -0.397. The lowest BCUT2D eigenvalue weighted by Gasteiger charge is -2.07. The normalized spacial score (nSPS) is 47.7. The van der Waals surface area contributed by atoms with Gasteiger partial charge in [-0.3, -0.25) is 0 Å². The fourth-order valence-corrected chi connectivity index (χ4v) is 1.15. The highest BCUT2D eigenvalue weighted by molar-refractivity contribution is 5.16. The molecule has 9 heavy (non-hydrogen) atoms. The number of aliphatic hydroxyl groups excluding tert-OH is 2. The van der Waals surface area contributed by atoms with Crippen molar-refractivity contribution >= 4 is 0 Å². The third kappa shape index (κ3) is 0.653. The molecule has 1 fully saturated rings. The van der Waals surface area contributed by atoms with Gasteiger partial charge in [-0.25, -0.2) is 0 Å². The quantitative estimate of drug-likeness (QED) is 0.450. The van der Waals surface area contributed by atoms with Gasteiger partial charge in [-0.15, -0.1) is 0 Å². The Morgan fingerprint density at radius 3 is 3.11 bits per heavy atom. The van der Waals surface area contributed by atoms with E-state index in [1.54, 1.807) is 6.08 Å². The molecule has 0 radical (unpaired) electrons. The van der Waals surface area contributed by atoms with Crippen LogP contribution in [-0.2, 0) is 4.74 Å². The summed E-state index contributed by atoms with van der Waals surface area (Å²) in [6.07, 6.45) is 1.43. The summed E-state index contributed by atoms with van der Waals surface area (Å²) in [7, 11) is 0. The first-order valence-electron chi connectivity index (χ1n) is 3.01. The topological polar surface area (TPSA) is 53.0 Å². The maximum absolute atomic E-state index is 9.06. The van der Waals surface area contributed by atoms with Gasteiger partial charge in [0.2, 0.25) is 0 Å². The van der Waals surface area contributed by atoms with Crippen molar-refractivity contribution in [2.45, 2.75) is 24.7 Å². The van der Waals surface area contributed by atoms with E-state index in [1.165, 1.54) is 0 Å². The van der Waals surface area contributed by atoms with Crippen molar-refractivity contribution in [1.29, 1.82) is 0 Å². The Balaban J connectivity index is 2.17. The molecule has 1 heterocycles. The summed E-state index contributed by atoms with van der Waals surface area (Å²) in [5.41, 5.74) is 0. The maximum Gasteiger partial charge on any atom is 0.143 e. The number of hydrogen-bond acceptors (Lipinski definition) is 3. The molecule has 1 aliphatic heterocycles. The second-order valence-corrected chi connectivity index (χ2v) is 2.45. The number of hydrogen-bond donors (Lipinski definition) is 2. The van der Waals surface area contributed by atoms with Gasteiger partial charge in [0.1, 0.15) is 18.0 Å². The molecule has 0 amide bonds. The predicted octanol–water partition coefficient (Wildman–Crippen LogP) is -0.0397. The van der Waals surface area contributed by atoms with Gasteiger partial charge in [0, 0.05) is 0 Å². The molecule has 1 saturated heterocycles.